The van der Waals surface area contributed by atoms with Gasteiger partial charge in [-0.25, -0.2) is 0 Å². The zero-order valence-electron chi connectivity index (χ0n) is 11.4. The molecule has 0 bridgehead atoms. The van der Waals surface area contributed by atoms with Gasteiger partial charge >= 0.3 is 0 Å². The fourth-order valence-electron chi connectivity index (χ4n) is 2.68. The highest BCUT2D eigenvalue weighted by molar-refractivity contribution is 5.26. The highest BCUT2D eigenvalue weighted by Gasteiger charge is 2.24. The van der Waals surface area contributed by atoms with Gasteiger partial charge in [-0.15, -0.1) is 0 Å². The minimum absolute atomic E-state index is 0.294. The summed E-state index contributed by atoms with van der Waals surface area (Å²) in [5.74, 6) is 1.95. The molecule has 1 aliphatic rings. The van der Waals surface area contributed by atoms with E-state index in [0.717, 1.165) is 31.8 Å². The molecule has 5 nitrogen and oxygen atoms in total. The molecule has 1 aliphatic carbocycles. The van der Waals surface area contributed by atoms with Crippen molar-refractivity contribution in [1.29, 1.82) is 0 Å². The van der Waals surface area contributed by atoms with E-state index >= 15 is 0 Å². The van der Waals surface area contributed by atoms with Crippen LogP contribution in [0, 0.1) is 5.92 Å². The lowest BCUT2D eigenvalue weighted by Gasteiger charge is -2.27. The van der Waals surface area contributed by atoms with Crippen LogP contribution >= 0.6 is 0 Å². The average molecular weight is 252 g/mol. The van der Waals surface area contributed by atoms with Gasteiger partial charge in [0.1, 0.15) is 0 Å². The third-order valence-corrected chi connectivity index (χ3v) is 3.91. The summed E-state index contributed by atoms with van der Waals surface area (Å²) in [5, 5.41) is 4.05. The van der Waals surface area contributed by atoms with Crippen LogP contribution in [-0.4, -0.2) is 29.3 Å². The number of nitrogens with zero attached hydrogens (tertiary/aromatic N) is 3. The zero-order valence-corrected chi connectivity index (χ0v) is 11.4. The van der Waals surface area contributed by atoms with Crippen molar-refractivity contribution < 1.29 is 4.52 Å². The van der Waals surface area contributed by atoms with Gasteiger partial charge in [0.25, 0.3) is 5.95 Å². The smallest absolute Gasteiger partial charge is 0.266 e. The van der Waals surface area contributed by atoms with E-state index in [1.54, 1.807) is 0 Å². The van der Waals surface area contributed by atoms with E-state index in [9.17, 15) is 0 Å². The van der Waals surface area contributed by atoms with Gasteiger partial charge in [0.2, 0.25) is 5.89 Å². The van der Waals surface area contributed by atoms with Crippen LogP contribution in [0.15, 0.2) is 4.52 Å². The van der Waals surface area contributed by atoms with Crippen LogP contribution in [0.4, 0.5) is 5.95 Å². The van der Waals surface area contributed by atoms with Gasteiger partial charge in [0, 0.05) is 25.6 Å². The third kappa shape index (κ3) is 3.02. The fraction of sp³-hybridized carbons (Fsp3) is 0.846. The van der Waals surface area contributed by atoms with Crippen molar-refractivity contribution in [2.75, 3.05) is 18.0 Å². The van der Waals surface area contributed by atoms with Crippen molar-refractivity contribution in [3.8, 4) is 0 Å². The summed E-state index contributed by atoms with van der Waals surface area (Å²) >= 11 is 0. The summed E-state index contributed by atoms with van der Waals surface area (Å²) in [6.07, 6.45) is 5.67. The van der Waals surface area contributed by atoms with E-state index in [2.05, 4.69) is 28.9 Å². The molecular formula is C13H24N4O. The molecule has 1 aromatic heterocycles. The average Bonchev–Trinajstić information content (AvgIpc) is 2.82. The van der Waals surface area contributed by atoms with E-state index in [-0.39, 0.29) is 0 Å². The first kappa shape index (κ1) is 13.3. The van der Waals surface area contributed by atoms with Crippen LogP contribution < -0.4 is 10.6 Å². The Kier molecular flexibility index (Phi) is 4.58. The van der Waals surface area contributed by atoms with Gasteiger partial charge in [0.15, 0.2) is 0 Å². The molecule has 0 amide bonds. The van der Waals surface area contributed by atoms with Crippen LogP contribution in [-0.2, 0) is 6.42 Å². The number of hydrogen-bond acceptors (Lipinski definition) is 5. The molecule has 2 N–H and O–H groups in total. The molecule has 2 atom stereocenters. The molecule has 0 saturated heterocycles. The highest BCUT2D eigenvalue weighted by Crippen LogP contribution is 2.26. The molecule has 1 fully saturated rings. The van der Waals surface area contributed by atoms with Crippen molar-refractivity contribution >= 4 is 5.95 Å². The Morgan fingerprint density at radius 2 is 2.00 bits per heavy atom. The molecule has 102 valence electrons. The maximum Gasteiger partial charge on any atom is 0.266 e. The summed E-state index contributed by atoms with van der Waals surface area (Å²) in [6.45, 7) is 5.99. The molecule has 0 radical (unpaired) electrons. The summed E-state index contributed by atoms with van der Waals surface area (Å²) in [4.78, 5) is 6.56. The lowest BCUT2D eigenvalue weighted by molar-refractivity contribution is 0.273. The summed E-state index contributed by atoms with van der Waals surface area (Å²) in [7, 11) is 0. The molecule has 0 aliphatic heterocycles. The third-order valence-electron chi connectivity index (χ3n) is 3.91. The number of aromatic nitrogens is 2. The lowest BCUT2D eigenvalue weighted by atomic mass is 9.83. The van der Waals surface area contributed by atoms with Crippen molar-refractivity contribution in [3.05, 3.63) is 5.89 Å². The molecule has 5 heteroatoms. The monoisotopic (exact) mass is 252 g/mol. The normalized spacial score (nSPS) is 24.2. The Bertz CT molecular complexity index is 362. The first-order valence-corrected chi connectivity index (χ1v) is 7.07. The van der Waals surface area contributed by atoms with Gasteiger partial charge in [-0.1, -0.05) is 12.8 Å². The second-order valence-electron chi connectivity index (χ2n) is 5.07. The molecule has 0 aromatic carbocycles. The fourth-order valence-corrected chi connectivity index (χ4v) is 2.68. The first-order chi connectivity index (χ1) is 8.74. The predicted octanol–water partition coefficient (Wildman–Crippen LogP) is 1.98. The van der Waals surface area contributed by atoms with Crippen molar-refractivity contribution in [2.24, 2.45) is 11.7 Å². The Hall–Kier alpha value is -1.10. The molecule has 2 unspecified atom stereocenters. The standard InChI is InChI=1S/C13H24N4O/c1-3-17(4-2)13-15-12(18-16-13)9-10-7-5-6-8-11(10)14/h10-11H,3-9,14H2,1-2H3. The molecule has 0 spiro atoms. The van der Waals surface area contributed by atoms with Crippen LogP contribution in [0.5, 0.6) is 0 Å². The zero-order chi connectivity index (χ0) is 13.0. The molecule has 1 saturated carbocycles. The van der Waals surface area contributed by atoms with Crippen LogP contribution in [0.25, 0.3) is 0 Å². The maximum atomic E-state index is 6.15. The summed E-state index contributed by atoms with van der Waals surface area (Å²) < 4.78 is 5.34. The Balaban J connectivity index is 1.97. The minimum atomic E-state index is 0.294. The lowest BCUT2D eigenvalue weighted by Crippen LogP contribution is -2.34. The highest BCUT2D eigenvalue weighted by atomic mass is 16.5. The van der Waals surface area contributed by atoms with Crippen LogP contribution in [0.2, 0.25) is 0 Å². The largest absolute Gasteiger partial charge is 0.339 e. The molecular weight excluding hydrogens is 228 g/mol. The van der Waals surface area contributed by atoms with Gasteiger partial charge in [-0.3, -0.25) is 0 Å². The second kappa shape index (κ2) is 6.18. The van der Waals surface area contributed by atoms with Crippen molar-refractivity contribution in [3.63, 3.8) is 0 Å². The van der Waals surface area contributed by atoms with Crippen LogP contribution in [0.3, 0.4) is 0 Å². The SMILES string of the molecule is CCN(CC)c1noc(CC2CCCCC2N)n1. The number of anilines is 1. The summed E-state index contributed by atoms with van der Waals surface area (Å²) in [6, 6.07) is 0.294. The quantitative estimate of drug-likeness (QED) is 0.867. The predicted molar refractivity (Wildman–Crippen MR) is 71.5 cm³/mol. The van der Waals surface area contributed by atoms with E-state index in [0.29, 0.717) is 17.9 Å². The van der Waals surface area contributed by atoms with E-state index < -0.39 is 0 Å². The van der Waals surface area contributed by atoms with Gasteiger partial charge < -0.3 is 15.2 Å². The molecule has 1 heterocycles. The maximum absolute atomic E-state index is 6.15. The Labute approximate surface area is 109 Å². The van der Waals surface area contributed by atoms with E-state index in [1.165, 1.54) is 19.3 Å². The van der Waals surface area contributed by atoms with E-state index in [1.807, 2.05) is 0 Å². The molecule has 2 rings (SSSR count). The first-order valence-electron chi connectivity index (χ1n) is 7.07. The second-order valence-corrected chi connectivity index (χ2v) is 5.07. The molecule has 1 aromatic rings. The van der Waals surface area contributed by atoms with Crippen molar-refractivity contribution in [2.45, 2.75) is 52.0 Å². The van der Waals surface area contributed by atoms with Crippen LogP contribution in [0.1, 0.15) is 45.4 Å². The van der Waals surface area contributed by atoms with Gasteiger partial charge in [-0.05, 0) is 37.8 Å². The summed E-state index contributed by atoms with van der Waals surface area (Å²) in [5.41, 5.74) is 6.15. The van der Waals surface area contributed by atoms with Gasteiger partial charge in [0.05, 0.1) is 0 Å². The Morgan fingerprint density at radius 1 is 1.28 bits per heavy atom. The minimum Gasteiger partial charge on any atom is -0.339 e. The molecule has 18 heavy (non-hydrogen) atoms. The number of hydrogen-bond donors (Lipinski definition) is 1. The number of nitrogens with two attached hydrogens (primary N) is 1. The number of rotatable bonds is 5. The Morgan fingerprint density at radius 3 is 2.67 bits per heavy atom. The topological polar surface area (TPSA) is 68.2 Å². The van der Waals surface area contributed by atoms with Gasteiger partial charge in [-0.2, -0.15) is 4.98 Å². The van der Waals surface area contributed by atoms with Crippen molar-refractivity contribution in [1.82, 2.24) is 10.1 Å². The van der Waals surface area contributed by atoms with E-state index in [4.69, 9.17) is 10.3 Å².